The first-order valence-electron chi connectivity index (χ1n) is 8.93. The van der Waals surface area contributed by atoms with Gasteiger partial charge in [0.05, 0.1) is 24.2 Å². The fraction of sp³-hybridized carbons (Fsp3) is 0.611. The van der Waals surface area contributed by atoms with Gasteiger partial charge in [-0.15, -0.1) is 0 Å². The molecule has 0 aliphatic carbocycles. The van der Waals surface area contributed by atoms with Crippen LogP contribution >= 0.6 is 0 Å². The number of hydrogen-bond donors (Lipinski definition) is 1. The highest BCUT2D eigenvalue weighted by Crippen LogP contribution is 2.61. The Kier molecular flexibility index (Phi) is 7.95. The zero-order valence-electron chi connectivity index (χ0n) is 16.8. The van der Waals surface area contributed by atoms with Crippen LogP contribution in [0.15, 0.2) is 24.3 Å². The molecule has 0 amide bonds. The van der Waals surface area contributed by atoms with E-state index in [9.17, 15) is 67.0 Å². The second-order valence-electron chi connectivity index (χ2n) is 6.99. The second-order valence-corrected chi connectivity index (χ2v) is 6.99. The quantitative estimate of drug-likeness (QED) is 0.305. The number of alkyl halides is 13. The normalized spacial score (nSPS) is 16.2. The number of ether oxygens (including phenoxy) is 1. The monoisotopic (exact) mass is 526 g/mol. The van der Waals surface area contributed by atoms with Crippen LogP contribution in [0.5, 0.6) is 0 Å². The Balaban J connectivity index is 3.38. The molecular weight excluding hydrogens is 511 g/mol. The van der Waals surface area contributed by atoms with E-state index in [0.717, 1.165) is 12.1 Å². The van der Waals surface area contributed by atoms with Gasteiger partial charge in [-0.05, 0) is 24.6 Å². The molecule has 196 valence electrons. The summed E-state index contributed by atoms with van der Waals surface area (Å²) in [5.41, 5.74) is -0.977. The van der Waals surface area contributed by atoms with Gasteiger partial charge in [-0.3, -0.25) is 0 Å². The number of aliphatic hydroxyl groups is 1. The Morgan fingerprint density at radius 2 is 1.21 bits per heavy atom. The molecule has 2 atom stereocenters. The van der Waals surface area contributed by atoms with Crippen molar-refractivity contribution in [2.45, 2.75) is 55.7 Å². The fourth-order valence-electron chi connectivity index (χ4n) is 2.59. The summed E-state index contributed by atoms with van der Waals surface area (Å²) >= 11 is 0. The molecule has 0 spiro atoms. The summed E-state index contributed by atoms with van der Waals surface area (Å²) in [7, 11) is 0. The molecule has 0 fully saturated rings. The molecule has 1 rings (SSSR count). The number of carbonyl (C=O) groups is 1. The molecule has 0 aliphatic rings. The predicted molar refractivity (Wildman–Crippen MR) is 87.3 cm³/mol. The van der Waals surface area contributed by atoms with Crippen LogP contribution in [0, 0.1) is 5.92 Å². The Morgan fingerprint density at radius 1 is 0.794 bits per heavy atom. The molecule has 0 radical (unpaired) electrons. The van der Waals surface area contributed by atoms with Crippen molar-refractivity contribution < 1.29 is 71.7 Å². The van der Waals surface area contributed by atoms with E-state index in [0.29, 0.717) is 12.1 Å². The highest BCUT2D eigenvalue weighted by Gasteiger charge is 2.91. The Hall–Kier alpha value is -2.26. The SMILES string of the molecule is CCOC(=O)c1ccc(C(O)C(C)C(F)(F)C(F)(F)C(F)(F)C(F)(F)C(F)(F)C(F)(F)F)cc1. The van der Waals surface area contributed by atoms with Crippen molar-refractivity contribution in [3.05, 3.63) is 35.4 Å². The third-order valence-corrected chi connectivity index (χ3v) is 4.77. The van der Waals surface area contributed by atoms with Crippen molar-refractivity contribution in [1.82, 2.24) is 0 Å². The minimum atomic E-state index is -8.02. The van der Waals surface area contributed by atoms with E-state index in [-0.39, 0.29) is 19.1 Å². The minimum absolute atomic E-state index is 0.0615. The molecule has 1 N–H and O–H groups in total. The van der Waals surface area contributed by atoms with E-state index < -0.39 is 59.3 Å². The Morgan fingerprint density at radius 3 is 1.59 bits per heavy atom. The van der Waals surface area contributed by atoms with Crippen LogP contribution in [0.2, 0.25) is 0 Å². The summed E-state index contributed by atoms with van der Waals surface area (Å²) in [6.07, 6.45) is -10.4. The van der Waals surface area contributed by atoms with Crippen molar-refractivity contribution in [2.24, 2.45) is 5.92 Å². The zero-order chi connectivity index (χ0) is 27.1. The van der Waals surface area contributed by atoms with Crippen molar-refractivity contribution >= 4 is 5.97 Å². The van der Waals surface area contributed by atoms with Gasteiger partial charge in [0.2, 0.25) is 0 Å². The summed E-state index contributed by atoms with van der Waals surface area (Å²) in [6, 6.07) is 3.00. The number of carbonyl (C=O) groups excluding carboxylic acids is 1. The highest BCUT2D eigenvalue weighted by molar-refractivity contribution is 5.89. The van der Waals surface area contributed by atoms with Crippen molar-refractivity contribution in [3.63, 3.8) is 0 Å². The van der Waals surface area contributed by atoms with Crippen LogP contribution in [0.4, 0.5) is 57.1 Å². The summed E-state index contributed by atoms with van der Waals surface area (Å²) in [5.74, 6) is -42.1. The first-order chi connectivity index (χ1) is 15.0. The summed E-state index contributed by atoms with van der Waals surface area (Å²) in [5, 5.41) is 9.89. The standard InChI is InChI=1S/C18H15F13O3/c1-3-34-12(33)10-6-4-9(5-7-10)11(32)8(2)13(19,20)14(21,22)15(23,24)16(25,26)17(27,28)18(29,30)31/h4-8,11,32H,3H2,1-2H3. The van der Waals surface area contributed by atoms with E-state index >= 15 is 0 Å². The largest absolute Gasteiger partial charge is 0.462 e. The summed E-state index contributed by atoms with van der Waals surface area (Å²) in [6.45, 7) is 1.27. The van der Waals surface area contributed by atoms with Crippen LogP contribution < -0.4 is 0 Å². The van der Waals surface area contributed by atoms with Crippen LogP contribution in [-0.2, 0) is 4.74 Å². The molecule has 1 aromatic rings. The molecule has 0 bridgehead atoms. The lowest BCUT2D eigenvalue weighted by molar-refractivity contribution is -0.444. The van der Waals surface area contributed by atoms with Crippen LogP contribution in [0.3, 0.4) is 0 Å². The summed E-state index contributed by atoms with van der Waals surface area (Å²) in [4.78, 5) is 11.5. The van der Waals surface area contributed by atoms with E-state index in [2.05, 4.69) is 4.74 Å². The Labute approximate surface area is 182 Å². The number of aliphatic hydroxyl groups excluding tert-OH is 1. The first-order valence-corrected chi connectivity index (χ1v) is 8.93. The maximum absolute atomic E-state index is 14.2. The van der Waals surface area contributed by atoms with Gasteiger partial charge in [-0.1, -0.05) is 19.1 Å². The van der Waals surface area contributed by atoms with Gasteiger partial charge in [0, 0.05) is 0 Å². The molecule has 2 unspecified atom stereocenters. The van der Waals surface area contributed by atoms with Gasteiger partial charge in [0.15, 0.2) is 0 Å². The van der Waals surface area contributed by atoms with E-state index in [4.69, 9.17) is 0 Å². The molecule has 0 aromatic heterocycles. The van der Waals surface area contributed by atoms with Crippen LogP contribution in [0.1, 0.15) is 35.9 Å². The maximum atomic E-state index is 14.2. The number of halogens is 13. The van der Waals surface area contributed by atoms with Gasteiger partial charge < -0.3 is 9.84 Å². The molecule has 1 aromatic carbocycles. The molecule has 16 heteroatoms. The van der Waals surface area contributed by atoms with Gasteiger partial charge >= 0.3 is 41.8 Å². The summed E-state index contributed by atoms with van der Waals surface area (Å²) < 4.78 is 177. The van der Waals surface area contributed by atoms with Crippen molar-refractivity contribution in [1.29, 1.82) is 0 Å². The first kappa shape index (κ1) is 29.8. The molecule has 0 saturated heterocycles. The average Bonchev–Trinajstić information content (AvgIpc) is 2.71. The van der Waals surface area contributed by atoms with Gasteiger partial charge in [0.25, 0.3) is 0 Å². The van der Waals surface area contributed by atoms with Gasteiger partial charge in [0.1, 0.15) is 0 Å². The smallest absolute Gasteiger partial charge is 0.460 e. The molecule has 34 heavy (non-hydrogen) atoms. The molecular formula is C18H15F13O3. The number of rotatable bonds is 9. The van der Waals surface area contributed by atoms with E-state index in [1.165, 1.54) is 6.92 Å². The lowest BCUT2D eigenvalue weighted by Gasteiger charge is -2.42. The zero-order valence-corrected chi connectivity index (χ0v) is 16.8. The van der Waals surface area contributed by atoms with Crippen molar-refractivity contribution in [2.75, 3.05) is 6.61 Å². The molecule has 3 nitrogen and oxygen atoms in total. The predicted octanol–water partition coefficient (Wildman–Crippen LogP) is 6.27. The third kappa shape index (κ3) is 4.52. The number of esters is 1. The fourth-order valence-corrected chi connectivity index (χ4v) is 2.59. The van der Waals surface area contributed by atoms with Crippen molar-refractivity contribution in [3.8, 4) is 0 Å². The van der Waals surface area contributed by atoms with Gasteiger partial charge in [-0.25, -0.2) is 4.79 Å². The average molecular weight is 526 g/mol. The van der Waals surface area contributed by atoms with E-state index in [1.54, 1.807) is 0 Å². The third-order valence-electron chi connectivity index (χ3n) is 4.77. The number of hydrogen-bond acceptors (Lipinski definition) is 3. The van der Waals surface area contributed by atoms with Gasteiger partial charge in [-0.2, -0.15) is 57.1 Å². The highest BCUT2D eigenvalue weighted by atomic mass is 19.4. The second kappa shape index (κ2) is 9.07. The Bertz CT molecular complexity index is 863. The maximum Gasteiger partial charge on any atom is 0.460 e. The van der Waals surface area contributed by atoms with Crippen LogP contribution in [0.25, 0.3) is 0 Å². The number of benzene rings is 1. The molecule has 0 heterocycles. The molecule has 0 aliphatic heterocycles. The minimum Gasteiger partial charge on any atom is -0.462 e. The topological polar surface area (TPSA) is 46.5 Å². The van der Waals surface area contributed by atoms with E-state index in [1.807, 2.05) is 0 Å². The van der Waals surface area contributed by atoms with Crippen LogP contribution in [-0.4, -0.2) is 53.5 Å². The lowest BCUT2D eigenvalue weighted by Crippen LogP contribution is -2.71. The molecule has 0 saturated carbocycles. The lowest BCUT2D eigenvalue weighted by atomic mass is 9.83.